The van der Waals surface area contributed by atoms with Gasteiger partial charge in [0.1, 0.15) is 0 Å². The van der Waals surface area contributed by atoms with Crippen molar-refractivity contribution in [2.24, 2.45) is 0 Å². The molecule has 4 heteroatoms. The lowest BCUT2D eigenvalue weighted by Crippen LogP contribution is -2.00. The van der Waals surface area contributed by atoms with E-state index in [0.29, 0.717) is 17.5 Å². The second kappa shape index (κ2) is 12.9. The number of hydrogen-bond acceptors (Lipinski definition) is 3. The molecule has 0 bridgehead atoms. The topological polar surface area (TPSA) is 43.6 Å². The molecule has 0 aliphatic rings. The Labute approximate surface area is 307 Å². The molecule has 0 saturated carbocycles. The van der Waals surface area contributed by atoms with Crippen molar-refractivity contribution in [3.8, 4) is 62.1 Å². The van der Waals surface area contributed by atoms with Crippen molar-refractivity contribution in [3.05, 3.63) is 194 Å². The zero-order valence-electron chi connectivity index (χ0n) is 28.8. The summed E-state index contributed by atoms with van der Waals surface area (Å²) < 4.78 is 2.43. The summed E-state index contributed by atoms with van der Waals surface area (Å²) in [4.78, 5) is 15.0. The van der Waals surface area contributed by atoms with E-state index in [2.05, 4.69) is 138 Å². The van der Waals surface area contributed by atoms with Crippen LogP contribution < -0.4 is 0 Å². The van der Waals surface area contributed by atoms with Gasteiger partial charge in [0.15, 0.2) is 17.5 Å². The Kier molecular flexibility index (Phi) is 7.43. The third-order valence-corrected chi connectivity index (χ3v) is 10.0. The van der Waals surface area contributed by atoms with Crippen LogP contribution in [0.15, 0.2) is 194 Å². The number of hydrogen-bond donors (Lipinski definition) is 0. The highest BCUT2D eigenvalue weighted by molar-refractivity contribution is 6.17. The van der Waals surface area contributed by atoms with Crippen LogP contribution in [0.5, 0.6) is 0 Å². The highest BCUT2D eigenvalue weighted by Crippen LogP contribution is 2.42. The Morgan fingerprint density at radius 2 is 0.868 bits per heavy atom. The predicted molar refractivity (Wildman–Crippen MR) is 219 cm³/mol. The first-order valence-electron chi connectivity index (χ1n) is 17.9. The van der Waals surface area contributed by atoms with Gasteiger partial charge in [0, 0.05) is 32.8 Å². The van der Waals surface area contributed by atoms with E-state index in [1.165, 1.54) is 32.7 Å². The first-order valence-corrected chi connectivity index (χ1v) is 17.9. The van der Waals surface area contributed by atoms with Crippen molar-refractivity contribution in [2.75, 3.05) is 0 Å². The standard InChI is InChI=1S/C49H32N4/c1-4-15-33(16-5-1)37-29-30-44-42(32-37)46-41(26-14-28-45(46)53(44)43-27-13-22-34-17-10-11-25-40(34)43)38-23-12-24-39(31-38)49-51-47(35-18-6-2-7-19-35)50-48(52-49)36-20-8-3-9-21-36/h1-32H. The number of aromatic nitrogens is 4. The van der Waals surface area contributed by atoms with Gasteiger partial charge in [-0.3, -0.25) is 0 Å². The molecule has 0 N–H and O–H groups in total. The zero-order valence-corrected chi connectivity index (χ0v) is 28.8. The molecule has 0 atom stereocenters. The first-order chi connectivity index (χ1) is 26.3. The summed E-state index contributed by atoms with van der Waals surface area (Å²) in [6.07, 6.45) is 0. The minimum absolute atomic E-state index is 0.635. The maximum atomic E-state index is 5.04. The van der Waals surface area contributed by atoms with Crippen LogP contribution in [-0.4, -0.2) is 19.5 Å². The Balaban J connectivity index is 1.21. The Morgan fingerprint density at radius 1 is 0.321 bits per heavy atom. The normalized spacial score (nSPS) is 11.4. The van der Waals surface area contributed by atoms with E-state index in [1.807, 2.05) is 60.7 Å². The van der Waals surface area contributed by atoms with Gasteiger partial charge in [-0.1, -0.05) is 164 Å². The van der Waals surface area contributed by atoms with Crippen LogP contribution in [0.4, 0.5) is 0 Å². The number of benzene rings is 8. The summed E-state index contributed by atoms with van der Waals surface area (Å²) in [5.41, 5.74) is 10.9. The molecule has 0 unspecified atom stereocenters. The Bertz CT molecular complexity index is 2870. The highest BCUT2D eigenvalue weighted by Gasteiger charge is 2.19. The fraction of sp³-hybridized carbons (Fsp3) is 0. The molecule has 10 rings (SSSR count). The third-order valence-electron chi connectivity index (χ3n) is 10.0. The first kappa shape index (κ1) is 30.6. The molecular formula is C49H32N4. The molecule has 0 amide bonds. The predicted octanol–water partition coefficient (Wildman–Crippen LogP) is 12.5. The van der Waals surface area contributed by atoms with Gasteiger partial charge in [0.2, 0.25) is 0 Å². The summed E-state index contributed by atoms with van der Waals surface area (Å²) in [6, 6.07) is 68.2. The lowest BCUT2D eigenvalue weighted by atomic mass is 9.96. The average molecular weight is 677 g/mol. The third kappa shape index (κ3) is 5.45. The molecule has 0 fully saturated rings. The molecule has 2 aromatic heterocycles. The Hall–Kier alpha value is -7.17. The van der Waals surface area contributed by atoms with Crippen LogP contribution >= 0.6 is 0 Å². The summed E-state index contributed by atoms with van der Waals surface area (Å²) >= 11 is 0. The van der Waals surface area contributed by atoms with E-state index < -0.39 is 0 Å². The molecule has 248 valence electrons. The second-order valence-electron chi connectivity index (χ2n) is 13.3. The van der Waals surface area contributed by atoms with Gasteiger partial charge in [-0.25, -0.2) is 15.0 Å². The number of fused-ring (bicyclic) bond motifs is 4. The molecule has 10 aromatic rings. The van der Waals surface area contributed by atoms with E-state index >= 15 is 0 Å². The van der Waals surface area contributed by atoms with Gasteiger partial charge in [-0.05, 0) is 58.0 Å². The second-order valence-corrected chi connectivity index (χ2v) is 13.3. The average Bonchev–Trinajstić information content (AvgIpc) is 3.58. The minimum Gasteiger partial charge on any atom is -0.309 e. The van der Waals surface area contributed by atoms with E-state index in [9.17, 15) is 0 Å². The fourth-order valence-corrected chi connectivity index (χ4v) is 7.55. The monoisotopic (exact) mass is 676 g/mol. The van der Waals surface area contributed by atoms with Gasteiger partial charge in [0.25, 0.3) is 0 Å². The smallest absolute Gasteiger partial charge is 0.164 e. The maximum Gasteiger partial charge on any atom is 0.164 e. The molecule has 53 heavy (non-hydrogen) atoms. The number of nitrogens with zero attached hydrogens (tertiary/aromatic N) is 4. The van der Waals surface area contributed by atoms with E-state index in [4.69, 9.17) is 15.0 Å². The van der Waals surface area contributed by atoms with Crippen LogP contribution in [-0.2, 0) is 0 Å². The van der Waals surface area contributed by atoms with Crippen molar-refractivity contribution in [2.45, 2.75) is 0 Å². The SMILES string of the molecule is c1ccc(-c2ccc3c(c2)c2c(-c4cccc(-c5nc(-c6ccccc6)nc(-c6ccccc6)n5)c4)cccc2n3-c2cccc3ccccc23)cc1. The van der Waals surface area contributed by atoms with Gasteiger partial charge in [-0.15, -0.1) is 0 Å². The largest absolute Gasteiger partial charge is 0.309 e. The molecule has 0 aliphatic carbocycles. The maximum absolute atomic E-state index is 5.04. The Morgan fingerprint density at radius 3 is 1.58 bits per heavy atom. The summed E-state index contributed by atoms with van der Waals surface area (Å²) in [5, 5.41) is 4.84. The fourth-order valence-electron chi connectivity index (χ4n) is 7.55. The minimum atomic E-state index is 0.635. The van der Waals surface area contributed by atoms with Crippen molar-refractivity contribution in [3.63, 3.8) is 0 Å². The molecule has 0 radical (unpaired) electrons. The molecule has 0 saturated heterocycles. The van der Waals surface area contributed by atoms with E-state index in [-0.39, 0.29) is 0 Å². The van der Waals surface area contributed by atoms with Gasteiger partial charge >= 0.3 is 0 Å². The van der Waals surface area contributed by atoms with Crippen LogP contribution in [0.3, 0.4) is 0 Å². The quantitative estimate of drug-likeness (QED) is 0.176. The highest BCUT2D eigenvalue weighted by atomic mass is 15.0. The molecule has 0 spiro atoms. The zero-order chi connectivity index (χ0) is 35.1. The number of rotatable bonds is 6. The molecule has 8 aromatic carbocycles. The van der Waals surface area contributed by atoms with Gasteiger partial charge < -0.3 is 4.57 Å². The summed E-state index contributed by atoms with van der Waals surface area (Å²) in [7, 11) is 0. The molecule has 4 nitrogen and oxygen atoms in total. The van der Waals surface area contributed by atoms with Crippen molar-refractivity contribution >= 4 is 32.6 Å². The molecule has 2 heterocycles. The van der Waals surface area contributed by atoms with Crippen molar-refractivity contribution in [1.29, 1.82) is 0 Å². The molecular weight excluding hydrogens is 645 g/mol. The van der Waals surface area contributed by atoms with E-state index in [0.717, 1.165) is 44.5 Å². The van der Waals surface area contributed by atoms with Crippen LogP contribution in [0.2, 0.25) is 0 Å². The van der Waals surface area contributed by atoms with Crippen molar-refractivity contribution < 1.29 is 0 Å². The van der Waals surface area contributed by atoms with Crippen LogP contribution in [0.25, 0.3) is 94.7 Å². The summed E-state index contributed by atoms with van der Waals surface area (Å²) in [6.45, 7) is 0. The lowest BCUT2D eigenvalue weighted by molar-refractivity contribution is 1.07. The van der Waals surface area contributed by atoms with E-state index in [1.54, 1.807) is 0 Å². The van der Waals surface area contributed by atoms with Gasteiger partial charge in [0.05, 0.1) is 16.7 Å². The molecule has 0 aliphatic heterocycles. The van der Waals surface area contributed by atoms with Gasteiger partial charge in [-0.2, -0.15) is 0 Å². The van der Waals surface area contributed by atoms with Crippen molar-refractivity contribution in [1.82, 2.24) is 19.5 Å². The lowest BCUT2D eigenvalue weighted by Gasteiger charge is -2.12. The summed E-state index contributed by atoms with van der Waals surface area (Å²) in [5.74, 6) is 1.93. The van der Waals surface area contributed by atoms with Crippen LogP contribution in [0, 0.1) is 0 Å². The van der Waals surface area contributed by atoms with Crippen LogP contribution in [0.1, 0.15) is 0 Å².